The second-order valence-corrected chi connectivity index (χ2v) is 4.96. The van der Waals surface area contributed by atoms with Gasteiger partial charge in [0.1, 0.15) is 5.75 Å². The second kappa shape index (κ2) is 8.59. The Morgan fingerprint density at radius 2 is 1.80 bits per heavy atom. The topological polar surface area (TPSA) is 50.4 Å². The molecule has 4 nitrogen and oxygen atoms in total. The van der Waals surface area contributed by atoms with Crippen molar-refractivity contribution < 1.29 is 9.53 Å². The molecule has 0 saturated carbocycles. The van der Waals surface area contributed by atoms with Crippen LogP contribution in [0.4, 0.5) is 0 Å². The minimum absolute atomic E-state index is 0.0547. The standard InChI is InChI=1S/C16H26N2O2/c1-5-14(6-2)18-16(19)11-17-12(3)13-7-9-15(20-4)10-8-13/h7-10,12,14,17H,5-6,11H2,1-4H3,(H,18,19)/t12-/m1/s1. The first-order chi connectivity index (χ1) is 9.60. The zero-order valence-electron chi connectivity index (χ0n) is 12.9. The van der Waals surface area contributed by atoms with Crippen LogP contribution in [0.2, 0.25) is 0 Å². The van der Waals surface area contributed by atoms with Gasteiger partial charge in [-0.2, -0.15) is 0 Å². The van der Waals surface area contributed by atoms with E-state index in [0.29, 0.717) is 6.54 Å². The average Bonchev–Trinajstić information content (AvgIpc) is 2.50. The minimum atomic E-state index is 0.0547. The smallest absolute Gasteiger partial charge is 0.234 e. The summed E-state index contributed by atoms with van der Waals surface area (Å²) in [6.45, 7) is 6.56. The van der Waals surface area contributed by atoms with Crippen LogP contribution >= 0.6 is 0 Å². The number of carbonyl (C=O) groups excluding carboxylic acids is 1. The van der Waals surface area contributed by atoms with Gasteiger partial charge in [-0.1, -0.05) is 26.0 Å². The van der Waals surface area contributed by atoms with Crippen LogP contribution in [0.3, 0.4) is 0 Å². The third kappa shape index (κ3) is 5.21. The highest BCUT2D eigenvalue weighted by atomic mass is 16.5. The van der Waals surface area contributed by atoms with Crippen molar-refractivity contribution in [1.82, 2.24) is 10.6 Å². The normalized spacial score (nSPS) is 12.2. The van der Waals surface area contributed by atoms with E-state index in [0.717, 1.165) is 24.2 Å². The molecule has 2 N–H and O–H groups in total. The average molecular weight is 278 g/mol. The lowest BCUT2D eigenvalue weighted by Crippen LogP contribution is -2.40. The number of carbonyl (C=O) groups is 1. The van der Waals surface area contributed by atoms with Crippen LogP contribution in [-0.4, -0.2) is 25.6 Å². The Labute approximate surface area is 121 Å². The molecule has 0 bridgehead atoms. The largest absolute Gasteiger partial charge is 0.497 e. The Morgan fingerprint density at radius 3 is 2.30 bits per heavy atom. The summed E-state index contributed by atoms with van der Waals surface area (Å²) >= 11 is 0. The predicted octanol–water partition coefficient (Wildman–Crippen LogP) is 2.65. The molecule has 1 rings (SSSR count). The van der Waals surface area contributed by atoms with Crippen molar-refractivity contribution in [2.24, 2.45) is 0 Å². The van der Waals surface area contributed by atoms with E-state index >= 15 is 0 Å². The van der Waals surface area contributed by atoms with Crippen molar-refractivity contribution in [3.05, 3.63) is 29.8 Å². The van der Waals surface area contributed by atoms with Gasteiger partial charge in [0.2, 0.25) is 5.91 Å². The lowest BCUT2D eigenvalue weighted by Gasteiger charge is -2.17. The molecule has 1 atom stereocenters. The molecule has 0 saturated heterocycles. The van der Waals surface area contributed by atoms with Gasteiger partial charge in [-0.3, -0.25) is 4.79 Å². The molecule has 20 heavy (non-hydrogen) atoms. The van der Waals surface area contributed by atoms with Gasteiger partial charge < -0.3 is 15.4 Å². The van der Waals surface area contributed by atoms with E-state index in [4.69, 9.17) is 4.74 Å². The predicted molar refractivity (Wildman–Crippen MR) is 81.9 cm³/mol. The lowest BCUT2D eigenvalue weighted by atomic mass is 10.1. The molecule has 0 unspecified atom stereocenters. The Kier molecular flexibility index (Phi) is 7.09. The van der Waals surface area contributed by atoms with Crippen molar-refractivity contribution in [1.29, 1.82) is 0 Å². The molecule has 112 valence electrons. The summed E-state index contributed by atoms with van der Waals surface area (Å²) in [5.74, 6) is 0.895. The third-order valence-corrected chi connectivity index (χ3v) is 3.54. The van der Waals surface area contributed by atoms with Gasteiger partial charge >= 0.3 is 0 Å². The highest BCUT2D eigenvalue weighted by molar-refractivity contribution is 5.78. The Balaban J connectivity index is 2.41. The van der Waals surface area contributed by atoms with Crippen LogP contribution in [0.1, 0.15) is 45.2 Å². The molecule has 1 aromatic carbocycles. The molecular formula is C16H26N2O2. The van der Waals surface area contributed by atoms with Gasteiger partial charge in [-0.15, -0.1) is 0 Å². The van der Waals surface area contributed by atoms with Crippen LogP contribution in [0.5, 0.6) is 5.75 Å². The van der Waals surface area contributed by atoms with Crippen LogP contribution in [0.25, 0.3) is 0 Å². The number of hydrogen-bond donors (Lipinski definition) is 2. The fourth-order valence-electron chi connectivity index (χ4n) is 2.03. The van der Waals surface area contributed by atoms with Crippen molar-refractivity contribution in [2.45, 2.75) is 45.7 Å². The highest BCUT2D eigenvalue weighted by Crippen LogP contribution is 2.16. The zero-order chi connectivity index (χ0) is 15.0. The Hall–Kier alpha value is -1.55. The first-order valence-corrected chi connectivity index (χ1v) is 7.27. The first-order valence-electron chi connectivity index (χ1n) is 7.27. The van der Waals surface area contributed by atoms with E-state index in [2.05, 4.69) is 24.5 Å². The van der Waals surface area contributed by atoms with Crippen LogP contribution in [0.15, 0.2) is 24.3 Å². The van der Waals surface area contributed by atoms with Gasteiger partial charge in [0, 0.05) is 12.1 Å². The molecule has 0 radical (unpaired) electrons. The molecule has 0 aromatic heterocycles. The summed E-state index contributed by atoms with van der Waals surface area (Å²) in [6.07, 6.45) is 1.94. The fourth-order valence-corrected chi connectivity index (χ4v) is 2.03. The first kappa shape index (κ1) is 16.5. The van der Waals surface area contributed by atoms with Crippen LogP contribution in [-0.2, 0) is 4.79 Å². The monoisotopic (exact) mass is 278 g/mol. The minimum Gasteiger partial charge on any atom is -0.497 e. The quantitative estimate of drug-likeness (QED) is 0.768. The van der Waals surface area contributed by atoms with Gasteiger partial charge in [0.25, 0.3) is 0 Å². The molecule has 4 heteroatoms. The molecule has 0 aliphatic carbocycles. The lowest BCUT2D eigenvalue weighted by molar-refractivity contribution is -0.121. The summed E-state index contributed by atoms with van der Waals surface area (Å²) in [7, 11) is 1.65. The summed E-state index contributed by atoms with van der Waals surface area (Å²) in [6, 6.07) is 8.29. The van der Waals surface area contributed by atoms with Crippen LogP contribution < -0.4 is 15.4 Å². The summed E-state index contributed by atoms with van der Waals surface area (Å²) in [4.78, 5) is 11.8. The van der Waals surface area contributed by atoms with Gasteiger partial charge in [-0.25, -0.2) is 0 Å². The van der Waals surface area contributed by atoms with E-state index in [9.17, 15) is 4.79 Å². The Bertz CT molecular complexity index is 399. The second-order valence-electron chi connectivity index (χ2n) is 4.96. The van der Waals surface area contributed by atoms with Gasteiger partial charge in [-0.05, 0) is 37.5 Å². The zero-order valence-corrected chi connectivity index (χ0v) is 12.9. The van der Waals surface area contributed by atoms with Crippen molar-refractivity contribution >= 4 is 5.91 Å². The van der Waals surface area contributed by atoms with Crippen LogP contribution in [0, 0.1) is 0 Å². The molecular weight excluding hydrogens is 252 g/mol. The van der Waals surface area contributed by atoms with E-state index < -0.39 is 0 Å². The van der Waals surface area contributed by atoms with Gasteiger partial charge in [0.15, 0.2) is 0 Å². The van der Waals surface area contributed by atoms with E-state index in [-0.39, 0.29) is 18.0 Å². The number of hydrogen-bond acceptors (Lipinski definition) is 3. The maximum Gasteiger partial charge on any atom is 0.234 e. The number of nitrogens with one attached hydrogen (secondary N) is 2. The molecule has 0 fully saturated rings. The number of ether oxygens (including phenoxy) is 1. The SMILES string of the molecule is CCC(CC)NC(=O)CN[C@H](C)c1ccc(OC)cc1. The number of benzene rings is 1. The molecule has 0 aliphatic heterocycles. The fraction of sp³-hybridized carbons (Fsp3) is 0.562. The summed E-state index contributed by atoms with van der Waals surface area (Å²) < 4.78 is 5.13. The van der Waals surface area contributed by atoms with Crippen molar-refractivity contribution in [3.8, 4) is 5.75 Å². The van der Waals surface area contributed by atoms with E-state index in [1.54, 1.807) is 7.11 Å². The number of amides is 1. The van der Waals surface area contributed by atoms with E-state index in [1.807, 2.05) is 31.2 Å². The van der Waals surface area contributed by atoms with Crippen molar-refractivity contribution in [3.63, 3.8) is 0 Å². The molecule has 1 amide bonds. The summed E-state index contributed by atoms with van der Waals surface area (Å²) in [5, 5.41) is 6.26. The van der Waals surface area contributed by atoms with Crippen molar-refractivity contribution in [2.75, 3.05) is 13.7 Å². The molecule has 1 aromatic rings. The number of methoxy groups -OCH3 is 1. The highest BCUT2D eigenvalue weighted by Gasteiger charge is 2.10. The third-order valence-electron chi connectivity index (χ3n) is 3.54. The maximum absolute atomic E-state index is 11.8. The summed E-state index contributed by atoms with van der Waals surface area (Å²) in [5.41, 5.74) is 1.14. The molecule has 0 heterocycles. The Morgan fingerprint density at radius 1 is 1.20 bits per heavy atom. The van der Waals surface area contributed by atoms with Gasteiger partial charge in [0.05, 0.1) is 13.7 Å². The maximum atomic E-state index is 11.8. The number of rotatable bonds is 8. The van der Waals surface area contributed by atoms with E-state index in [1.165, 1.54) is 0 Å². The molecule has 0 spiro atoms. The molecule has 0 aliphatic rings.